The number of nitrogens with zero attached hydrogens (tertiary/aromatic N) is 1. The first-order valence-electron chi connectivity index (χ1n) is 4.07. The Kier molecular flexibility index (Phi) is 11.2. The van der Waals surface area contributed by atoms with Gasteiger partial charge in [0.25, 0.3) is 0 Å². The van der Waals surface area contributed by atoms with Crippen LogP contribution in [0.2, 0.25) is 0 Å². The van der Waals surface area contributed by atoms with Gasteiger partial charge >= 0.3 is 7.82 Å². The van der Waals surface area contributed by atoms with Crippen molar-refractivity contribution in [2.45, 2.75) is 6.92 Å². The van der Waals surface area contributed by atoms with Gasteiger partial charge in [-0.15, -0.1) is 0 Å². The number of aliphatic hydroxyl groups is 2. The van der Waals surface area contributed by atoms with E-state index >= 15 is 0 Å². The lowest BCUT2D eigenvalue weighted by atomic mass is 10.5. The Labute approximate surface area is 82.9 Å². The van der Waals surface area contributed by atoms with E-state index in [4.69, 9.17) is 29.5 Å². The molecule has 0 bridgehead atoms. The van der Waals surface area contributed by atoms with Gasteiger partial charge in [0, 0.05) is 13.1 Å². The van der Waals surface area contributed by atoms with Gasteiger partial charge < -0.3 is 24.9 Å². The van der Waals surface area contributed by atoms with Gasteiger partial charge in [-0.05, 0) is 6.54 Å². The highest BCUT2D eigenvalue weighted by molar-refractivity contribution is 7.45. The summed E-state index contributed by atoms with van der Waals surface area (Å²) in [5, 5.41) is 16.9. The molecule has 5 N–H and O–H groups in total. The summed E-state index contributed by atoms with van der Waals surface area (Å²) in [7, 11) is -4.64. The summed E-state index contributed by atoms with van der Waals surface area (Å²) in [6, 6.07) is 0. The van der Waals surface area contributed by atoms with E-state index < -0.39 is 7.82 Å². The van der Waals surface area contributed by atoms with E-state index in [1.165, 1.54) is 0 Å². The molecule has 0 radical (unpaired) electrons. The first kappa shape index (κ1) is 16.4. The third kappa shape index (κ3) is 22.7. The van der Waals surface area contributed by atoms with Crippen molar-refractivity contribution in [2.24, 2.45) is 0 Å². The molecular formula is C6H18NO6P. The Hall–Kier alpha value is -0.0100. The van der Waals surface area contributed by atoms with Crippen molar-refractivity contribution in [1.29, 1.82) is 0 Å². The molecular weight excluding hydrogens is 213 g/mol. The molecule has 0 aliphatic rings. The standard InChI is InChI=1S/C6H15NO2.H3O4P/c1-2-7(3-5-8)4-6-9;1-5(2,3)4/h8-9H,2-6H2,1H3;(H3,1,2,3,4). The lowest BCUT2D eigenvalue weighted by Gasteiger charge is -2.16. The van der Waals surface area contributed by atoms with Crippen molar-refractivity contribution in [3.63, 3.8) is 0 Å². The number of likely N-dealkylation sites (N-methyl/N-ethyl adjacent to an activating group) is 1. The molecule has 0 aromatic heterocycles. The minimum absolute atomic E-state index is 0.174. The van der Waals surface area contributed by atoms with Crippen molar-refractivity contribution in [3.8, 4) is 0 Å². The fourth-order valence-corrected chi connectivity index (χ4v) is 0.711. The van der Waals surface area contributed by atoms with Crippen molar-refractivity contribution in [1.82, 2.24) is 4.90 Å². The first-order valence-corrected chi connectivity index (χ1v) is 5.64. The minimum atomic E-state index is -4.64. The maximum Gasteiger partial charge on any atom is 0.466 e. The Bertz CT molecular complexity index is 146. The van der Waals surface area contributed by atoms with Crippen molar-refractivity contribution >= 4 is 7.82 Å². The second-order valence-electron chi connectivity index (χ2n) is 2.39. The Balaban J connectivity index is 0. The average Bonchev–Trinajstić information content (AvgIpc) is 2.01. The van der Waals surface area contributed by atoms with Gasteiger partial charge in [0.1, 0.15) is 0 Å². The molecule has 0 aromatic rings. The van der Waals surface area contributed by atoms with Gasteiger partial charge in [0.15, 0.2) is 0 Å². The van der Waals surface area contributed by atoms with Crippen LogP contribution < -0.4 is 0 Å². The van der Waals surface area contributed by atoms with E-state index in [0.717, 1.165) is 6.54 Å². The Morgan fingerprint density at radius 2 is 1.36 bits per heavy atom. The number of hydrogen-bond acceptors (Lipinski definition) is 4. The summed E-state index contributed by atoms with van der Waals surface area (Å²) >= 11 is 0. The van der Waals surface area contributed by atoms with E-state index in [-0.39, 0.29) is 13.2 Å². The number of aliphatic hydroxyl groups excluding tert-OH is 2. The highest BCUT2D eigenvalue weighted by Gasteiger charge is 2.00. The van der Waals surface area contributed by atoms with Gasteiger partial charge in [-0.2, -0.15) is 0 Å². The van der Waals surface area contributed by atoms with Crippen LogP contribution in [0.15, 0.2) is 0 Å². The van der Waals surface area contributed by atoms with Crippen LogP contribution >= 0.6 is 7.82 Å². The molecule has 88 valence electrons. The Morgan fingerprint density at radius 3 is 1.50 bits per heavy atom. The van der Waals surface area contributed by atoms with Gasteiger partial charge in [-0.1, -0.05) is 6.92 Å². The maximum atomic E-state index is 8.88. The highest BCUT2D eigenvalue weighted by atomic mass is 31.2. The van der Waals surface area contributed by atoms with Crippen LogP contribution in [0.5, 0.6) is 0 Å². The fraction of sp³-hybridized carbons (Fsp3) is 1.00. The summed E-state index contributed by atoms with van der Waals surface area (Å²) in [5.74, 6) is 0. The number of hydrogen-bond donors (Lipinski definition) is 5. The zero-order valence-electron chi connectivity index (χ0n) is 8.07. The summed E-state index contributed by atoms with van der Waals surface area (Å²) in [6.07, 6.45) is 0. The van der Waals surface area contributed by atoms with Crippen LogP contribution in [-0.4, -0.2) is 62.6 Å². The molecule has 0 atom stereocenters. The molecule has 14 heavy (non-hydrogen) atoms. The largest absolute Gasteiger partial charge is 0.466 e. The molecule has 0 heterocycles. The third-order valence-electron chi connectivity index (χ3n) is 1.28. The summed E-state index contributed by atoms with van der Waals surface area (Å²) in [5.41, 5.74) is 0. The second kappa shape index (κ2) is 9.54. The lowest BCUT2D eigenvalue weighted by Crippen LogP contribution is -2.29. The molecule has 0 rings (SSSR count). The molecule has 0 saturated heterocycles. The molecule has 0 unspecified atom stereocenters. The van der Waals surface area contributed by atoms with Crippen LogP contribution in [0, 0.1) is 0 Å². The Morgan fingerprint density at radius 1 is 1.07 bits per heavy atom. The van der Waals surface area contributed by atoms with Crippen LogP contribution in [0.3, 0.4) is 0 Å². The van der Waals surface area contributed by atoms with E-state index in [2.05, 4.69) is 0 Å². The molecule has 0 saturated carbocycles. The van der Waals surface area contributed by atoms with E-state index in [9.17, 15) is 0 Å². The second-order valence-corrected chi connectivity index (χ2v) is 3.42. The molecule has 0 aromatic carbocycles. The van der Waals surface area contributed by atoms with E-state index in [1.807, 2.05) is 11.8 Å². The average molecular weight is 231 g/mol. The smallest absolute Gasteiger partial charge is 0.395 e. The molecule has 0 aliphatic heterocycles. The molecule has 7 nitrogen and oxygen atoms in total. The summed E-state index contributed by atoms with van der Waals surface area (Å²) in [6.45, 7) is 4.57. The SMILES string of the molecule is CCN(CCO)CCO.O=P(O)(O)O. The fourth-order valence-electron chi connectivity index (χ4n) is 0.711. The van der Waals surface area contributed by atoms with Gasteiger partial charge in [-0.25, -0.2) is 4.57 Å². The number of phosphoric acid groups is 1. The quantitative estimate of drug-likeness (QED) is 0.360. The van der Waals surface area contributed by atoms with Crippen LogP contribution in [-0.2, 0) is 4.57 Å². The molecule has 0 fully saturated rings. The van der Waals surface area contributed by atoms with Gasteiger partial charge in [0.2, 0.25) is 0 Å². The molecule has 0 aliphatic carbocycles. The molecule has 8 heteroatoms. The zero-order valence-corrected chi connectivity index (χ0v) is 8.97. The third-order valence-corrected chi connectivity index (χ3v) is 1.28. The first-order chi connectivity index (χ1) is 6.35. The van der Waals surface area contributed by atoms with Crippen LogP contribution in [0.1, 0.15) is 6.92 Å². The van der Waals surface area contributed by atoms with Crippen molar-refractivity contribution in [3.05, 3.63) is 0 Å². The predicted octanol–water partition coefficient (Wildman–Crippen LogP) is -1.64. The minimum Gasteiger partial charge on any atom is -0.395 e. The van der Waals surface area contributed by atoms with E-state index in [0.29, 0.717) is 13.1 Å². The summed E-state index contributed by atoms with van der Waals surface area (Å²) < 4.78 is 8.88. The number of rotatable bonds is 5. The maximum absolute atomic E-state index is 8.88. The monoisotopic (exact) mass is 231 g/mol. The van der Waals surface area contributed by atoms with Crippen molar-refractivity contribution in [2.75, 3.05) is 32.8 Å². The van der Waals surface area contributed by atoms with Gasteiger partial charge in [0.05, 0.1) is 13.2 Å². The highest BCUT2D eigenvalue weighted by Crippen LogP contribution is 2.25. The summed E-state index contributed by atoms with van der Waals surface area (Å²) in [4.78, 5) is 23.5. The zero-order chi connectivity index (χ0) is 11.6. The molecule has 0 amide bonds. The van der Waals surface area contributed by atoms with Crippen LogP contribution in [0.25, 0.3) is 0 Å². The predicted molar refractivity (Wildman–Crippen MR) is 50.5 cm³/mol. The molecule has 0 spiro atoms. The topological polar surface area (TPSA) is 121 Å². The van der Waals surface area contributed by atoms with Crippen LogP contribution in [0.4, 0.5) is 0 Å². The van der Waals surface area contributed by atoms with E-state index in [1.54, 1.807) is 0 Å². The lowest BCUT2D eigenvalue weighted by molar-refractivity contribution is 0.166. The normalized spacial score (nSPS) is 11.1. The van der Waals surface area contributed by atoms with Gasteiger partial charge in [-0.3, -0.25) is 4.90 Å². The van der Waals surface area contributed by atoms with Crippen molar-refractivity contribution < 1.29 is 29.5 Å².